The molecule has 12 heteroatoms. The van der Waals surface area contributed by atoms with Crippen LogP contribution in [-0.4, -0.2) is 57.3 Å². The van der Waals surface area contributed by atoms with Gasteiger partial charge in [0.15, 0.2) is 0 Å². The fourth-order valence-electron chi connectivity index (χ4n) is 6.49. The van der Waals surface area contributed by atoms with Crippen LogP contribution in [0.1, 0.15) is 68.2 Å². The third-order valence-electron chi connectivity index (χ3n) is 8.73. The number of rotatable bonds is 7. The molecule has 6 rings (SSSR count). The Bertz CT molecular complexity index is 1560. The fraction of sp³-hybridized carbons (Fsp3) is 0.483. The van der Waals surface area contributed by atoms with Gasteiger partial charge in [-0.15, -0.1) is 0 Å². The summed E-state index contributed by atoms with van der Waals surface area (Å²) >= 11 is 0. The number of anilines is 1. The number of likely N-dealkylation sites (tertiary alicyclic amines) is 1. The van der Waals surface area contributed by atoms with Crippen molar-refractivity contribution in [2.75, 3.05) is 31.6 Å². The molecule has 1 aliphatic carbocycles. The summed E-state index contributed by atoms with van der Waals surface area (Å²) in [6, 6.07) is 6.36. The van der Waals surface area contributed by atoms with Crippen molar-refractivity contribution < 1.29 is 32.2 Å². The van der Waals surface area contributed by atoms with E-state index in [2.05, 4.69) is 15.2 Å². The number of carbonyl (C=O) groups is 1. The van der Waals surface area contributed by atoms with E-state index in [9.17, 15) is 32.3 Å². The molecule has 0 unspecified atom stereocenters. The Balaban J connectivity index is 1.13. The van der Waals surface area contributed by atoms with Gasteiger partial charge < -0.3 is 15.2 Å². The number of amides is 1. The number of alkyl halides is 4. The number of fused-ring (bicyclic) bond motifs is 3. The lowest BCUT2D eigenvalue weighted by atomic mass is 9.73. The number of carbonyl (C=O) groups excluding carboxylic acids is 1. The zero-order valence-corrected chi connectivity index (χ0v) is 22.4. The van der Waals surface area contributed by atoms with Gasteiger partial charge in [0, 0.05) is 40.9 Å². The predicted molar refractivity (Wildman–Crippen MR) is 143 cm³/mol. The van der Waals surface area contributed by atoms with Crippen LogP contribution in [0.25, 0.3) is 11.0 Å². The SMILES string of the molecule is C[C@]1(O)C[C@@H](n2c(=O)cc(C(F)F)c3cc(OCCN4CCC5(CC4)C(=O)Nc4ccc(C(F)F)cc45)cnc32)C1. The number of hydrogen-bond donors (Lipinski definition) is 2. The van der Waals surface area contributed by atoms with Crippen molar-refractivity contribution in [3.8, 4) is 5.75 Å². The second-order valence-electron chi connectivity index (χ2n) is 11.5. The summed E-state index contributed by atoms with van der Waals surface area (Å²) in [7, 11) is 0. The Kier molecular flexibility index (Phi) is 6.80. The van der Waals surface area contributed by atoms with Crippen molar-refractivity contribution in [1.29, 1.82) is 0 Å². The summed E-state index contributed by atoms with van der Waals surface area (Å²) in [6.07, 6.45) is -2.50. The number of nitrogens with zero attached hydrogens (tertiary/aromatic N) is 3. The average molecular weight is 575 g/mol. The summed E-state index contributed by atoms with van der Waals surface area (Å²) in [4.78, 5) is 32.0. The Morgan fingerprint density at radius 2 is 1.83 bits per heavy atom. The van der Waals surface area contributed by atoms with Crippen LogP contribution in [0.4, 0.5) is 23.2 Å². The van der Waals surface area contributed by atoms with E-state index in [1.165, 1.54) is 35.0 Å². The van der Waals surface area contributed by atoms with Crippen molar-refractivity contribution >= 4 is 22.6 Å². The number of benzene rings is 1. The van der Waals surface area contributed by atoms with Gasteiger partial charge in [-0.1, -0.05) is 6.07 Å². The third-order valence-corrected chi connectivity index (χ3v) is 8.73. The number of hydrogen-bond acceptors (Lipinski definition) is 6. The molecule has 4 heterocycles. The zero-order valence-electron chi connectivity index (χ0n) is 22.4. The third kappa shape index (κ3) is 4.86. The van der Waals surface area contributed by atoms with Crippen LogP contribution in [0.2, 0.25) is 0 Å². The van der Waals surface area contributed by atoms with Crippen molar-refractivity contribution in [2.45, 2.75) is 62.5 Å². The van der Waals surface area contributed by atoms with Gasteiger partial charge in [0.05, 0.1) is 17.2 Å². The number of halogens is 4. The van der Waals surface area contributed by atoms with E-state index in [1.54, 1.807) is 6.92 Å². The molecule has 3 aliphatic rings. The quantitative estimate of drug-likeness (QED) is 0.397. The highest BCUT2D eigenvalue weighted by atomic mass is 19.3. The van der Waals surface area contributed by atoms with Crippen molar-refractivity contribution in [2.24, 2.45) is 0 Å². The number of aromatic nitrogens is 2. The number of aliphatic hydroxyl groups is 1. The van der Waals surface area contributed by atoms with Crippen LogP contribution in [0.5, 0.6) is 5.75 Å². The van der Waals surface area contributed by atoms with Gasteiger partial charge in [0.25, 0.3) is 18.4 Å². The maximum Gasteiger partial charge on any atom is 0.264 e. The van der Waals surface area contributed by atoms with Crippen LogP contribution in [0.3, 0.4) is 0 Å². The Morgan fingerprint density at radius 1 is 1.10 bits per heavy atom. The van der Waals surface area contributed by atoms with Crippen molar-refractivity contribution in [3.63, 3.8) is 0 Å². The largest absolute Gasteiger partial charge is 0.491 e. The van der Waals surface area contributed by atoms with Crippen LogP contribution >= 0.6 is 0 Å². The molecule has 0 bridgehead atoms. The fourth-order valence-corrected chi connectivity index (χ4v) is 6.49. The number of ether oxygens (including phenoxy) is 1. The second-order valence-corrected chi connectivity index (χ2v) is 11.5. The van der Waals surface area contributed by atoms with E-state index in [-0.39, 0.29) is 40.9 Å². The highest BCUT2D eigenvalue weighted by Crippen LogP contribution is 2.46. The van der Waals surface area contributed by atoms with Crippen molar-refractivity contribution in [1.82, 2.24) is 14.5 Å². The van der Waals surface area contributed by atoms with Crippen LogP contribution in [0.15, 0.2) is 41.3 Å². The highest BCUT2D eigenvalue weighted by Gasteiger charge is 2.48. The second kappa shape index (κ2) is 10.1. The molecule has 1 saturated heterocycles. The van der Waals surface area contributed by atoms with Crippen molar-refractivity contribution in [3.05, 3.63) is 63.6 Å². The minimum atomic E-state index is -2.88. The van der Waals surface area contributed by atoms with E-state index in [0.717, 1.165) is 6.07 Å². The van der Waals surface area contributed by atoms with E-state index < -0.39 is 35.0 Å². The molecule has 2 aliphatic heterocycles. The molecule has 8 nitrogen and oxygen atoms in total. The van der Waals surface area contributed by atoms with Crippen LogP contribution < -0.4 is 15.6 Å². The van der Waals surface area contributed by atoms with Crippen LogP contribution in [0, 0.1) is 0 Å². The number of nitrogens with one attached hydrogen (secondary N) is 1. The highest BCUT2D eigenvalue weighted by molar-refractivity contribution is 6.06. The molecule has 2 N–H and O–H groups in total. The van der Waals surface area contributed by atoms with E-state index in [1.807, 2.05) is 0 Å². The summed E-state index contributed by atoms with van der Waals surface area (Å²) in [5.41, 5.74) is -1.52. The summed E-state index contributed by atoms with van der Waals surface area (Å²) in [6.45, 7) is 3.50. The topological polar surface area (TPSA) is 96.7 Å². The number of pyridine rings is 2. The molecular formula is C29H30F4N4O4. The lowest BCUT2D eigenvalue weighted by molar-refractivity contribution is -0.122. The van der Waals surface area contributed by atoms with E-state index in [4.69, 9.17) is 4.74 Å². The monoisotopic (exact) mass is 574 g/mol. The minimum absolute atomic E-state index is 0.106. The van der Waals surface area contributed by atoms with E-state index in [0.29, 0.717) is 56.6 Å². The summed E-state index contributed by atoms with van der Waals surface area (Å²) < 4.78 is 61.5. The summed E-state index contributed by atoms with van der Waals surface area (Å²) in [5.74, 6) is 0.109. The van der Waals surface area contributed by atoms with Gasteiger partial charge in [-0.25, -0.2) is 22.5 Å². The molecule has 2 fully saturated rings. The van der Waals surface area contributed by atoms with E-state index >= 15 is 0 Å². The first-order valence-corrected chi connectivity index (χ1v) is 13.6. The number of piperidine rings is 1. The summed E-state index contributed by atoms with van der Waals surface area (Å²) in [5, 5.41) is 13.1. The molecule has 1 saturated carbocycles. The normalized spacial score (nSPS) is 23.7. The maximum absolute atomic E-state index is 13.8. The predicted octanol–water partition coefficient (Wildman–Crippen LogP) is 4.72. The van der Waals surface area contributed by atoms with Gasteiger partial charge in [-0.3, -0.25) is 19.1 Å². The molecule has 1 spiro atoms. The lowest BCUT2D eigenvalue weighted by Crippen LogP contribution is -2.47. The molecule has 0 radical (unpaired) electrons. The van der Waals surface area contributed by atoms with Gasteiger partial charge >= 0.3 is 0 Å². The molecule has 1 aromatic carbocycles. The molecule has 218 valence electrons. The Morgan fingerprint density at radius 3 is 2.49 bits per heavy atom. The first-order chi connectivity index (χ1) is 19.5. The Hall–Kier alpha value is -3.51. The minimum Gasteiger partial charge on any atom is -0.491 e. The molecular weight excluding hydrogens is 544 g/mol. The average Bonchev–Trinajstić information content (AvgIpc) is 3.18. The molecule has 2 aromatic heterocycles. The zero-order chi connectivity index (χ0) is 29.1. The molecule has 1 amide bonds. The van der Waals surface area contributed by atoms with Gasteiger partial charge in [-0.05, 0) is 69.5 Å². The lowest BCUT2D eigenvalue weighted by Gasteiger charge is -2.42. The Labute approximate surface area is 232 Å². The van der Waals surface area contributed by atoms with Gasteiger partial charge in [-0.2, -0.15) is 0 Å². The van der Waals surface area contributed by atoms with Gasteiger partial charge in [0.2, 0.25) is 5.91 Å². The smallest absolute Gasteiger partial charge is 0.264 e. The maximum atomic E-state index is 13.8. The first kappa shape index (κ1) is 27.6. The van der Waals surface area contributed by atoms with Crippen LogP contribution in [-0.2, 0) is 10.2 Å². The molecule has 3 aromatic rings. The standard InChI is InChI=1S/C29H30F4N4O4/c1-28(40)13-17(14-28)37-23(38)12-19(25(32)33)20-11-18(15-34-26(20)37)41-9-8-36-6-4-29(5-7-36)21-10-16(24(30)31)2-3-22(21)35-27(29)39/h2-3,10-12,15,17,24-25,40H,4-9,13-14H2,1H3,(H,35,39)/t17-,28+. The molecule has 0 atom stereocenters. The first-order valence-electron chi connectivity index (χ1n) is 13.6. The molecule has 41 heavy (non-hydrogen) atoms. The van der Waals surface area contributed by atoms with Gasteiger partial charge in [0.1, 0.15) is 18.0 Å².